The Hall–Kier alpha value is -3.02. The number of amides is 1. The van der Waals surface area contributed by atoms with Gasteiger partial charge in [-0.05, 0) is 36.8 Å². The molecule has 23 heavy (non-hydrogen) atoms. The van der Waals surface area contributed by atoms with E-state index in [1.165, 1.54) is 0 Å². The van der Waals surface area contributed by atoms with E-state index in [0.29, 0.717) is 5.69 Å². The molecule has 1 amide bonds. The molecule has 0 aliphatic rings. The smallest absolute Gasteiger partial charge is 0.272 e. The lowest BCUT2D eigenvalue weighted by atomic mass is 10.1. The summed E-state index contributed by atoms with van der Waals surface area (Å²) < 4.78 is 0. The Labute approximate surface area is 134 Å². The van der Waals surface area contributed by atoms with Crippen molar-refractivity contribution in [2.45, 2.75) is 13.0 Å². The molecule has 3 heterocycles. The summed E-state index contributed by atoms with van der Waals surface area (Å²) >= 11 is 0. The number of aromatic nitrogens is 4. The summed E-state index contributed by atoms with van der Waals surface area (Å²) in [6.45, 7) is 1.97. The van der Waals surface area contributed by atoms with Gasteiger partial charge < -0.3 is 4.90 Å². The minimum atomic E-state index is -0.117. The standard InChI is InChI=1S/C17H17N5O/c1-12(14-4-3-7-19-11-14)22(2)17(23)16-10-15(20-21-16)13-5-8-18-9-6-13/h3-12H,1-2H3,(H,20,21). The number of rotatable bonds is 4. The van der Waals surface area contributed by atoms with E-state index in [9.17, 15) is 4.79 Å². The van der Waals surface area contributed by atoms with Crippen LogP contribution in [-0.2, 0) is 0 Å². The predicted octanol–water partition coefficient (Wildman–Crippen LogP) is 2.70. The van der Waals surface area contributed by atoms with Crippen LogP contribution in [0.25, 0.3) is 11.3 Å². The van der Waals surface area contributed by atoms with Gasteiger partial charge >= 0.3 is 0 Å². The van der Waals surface area contributed by atoms with Crippen molar-refractivity contribution in [3.8, 4) is 11.3 Å². The minimum Gasteiger partial charge on any atom is -0.334 e. The molecule has 3 aromatic heterocycles. The van der Waals surface area contributed by atoms with Crippen molar-refractivity contribution >= 4 is 5.91 Å². The number of carbonyl (C=O) groups is 1. The molecule has 0 saturated heterocycles. The predicted molar refractivity (Wildman–Crippen MR) is 86.6 cm³/mol. The molecule has 6 heteroatoms. The second-order valence-corrected chi connectivity index (χ2v) is 5.28. The number of H-pyrrole nitrogens is 1. The van der Waals surface area contributed by atoms with Gasteiger partial charge in [-0.25, -0.2) is 0 Å². The van der Waals surface area contributed by atoms with Crippen LogP contribution in [0.3, 0.4) is 0 Å². The first kappa shape index (κ1) is 14.9. The molecule has 0 bridgehead atoms. The number of nitrogens with one attached hydrogen (secondary N) is 1. The quantitative estimate of drug-likeness (QED) is 0.804. The molecule has 3 rings (SSSR count). The van der Waals surface area contributed by atoms with Gasteiger partial charge in [-0.1, -0.05) is 6.07 Å². The summed E-state index contributed by atoms with van der Waals surface area (Å²) in [6, 6.07) is 9.20. The van der Waals surface area contributed by atoms with Crippen molar-refractivity contribution in [2.75, 3.05) is 7.05 Å². The highest BCUT2D eigenvalue weighted by molar-refractivity contribution is 5.93. The van der Waals surface area contributed by atoms with Crippen LogP contribution in [0.4, 0.5) is 0 Å². The lowest BCUT2D eigenvalue weighted by molar-refractivity contribution is 0.0736. The van der Waals surface area contributed by atoms with Crippen LogP contribution in [0.5, 0.6) is 0 Å². The fraction of sp³-hybridized carbons (Fsp3) is 0.176. The van der Waals surface area contributed by atoms with E-state index in [0.717, 1.165) is 16.8 Å². The Morgan fingerprint density at radius 3 is 2.65 bits per heavy atom. The van der Waals surface area contributed by atoms with Crippen LogP contribution in [0.2, 0.25) is 0 Å². The van der Waals surface area contributed by atoms with Gasteiger partial charge in [-0.15, -0.1) is 0 Å². The van der Waals surface area contributed by atoms with Crippen molar-refractivity contribution in [2.24, 2.45) is 0 Å². The largest absolute Gasteiger partial charge is 0.334 e. The van der Waals surface area contributed by atoms with Crippen molar-refractivity contribution in [1.29, 1.82) is 0 Å². The zero-order chi connectivity index (χ0) is 16.2. The highest BCUT2D eigenvalue weighted by Gasteiger charge is 2.21. The molecule has 0 radical (unpaired) electrons. The van der Waals surface area contributed by atoms with Crippen LogP contribution >= 0.6 is 0 Å². The van der Waals surface area contributed by atoms with Gasteiger partial charge in [0.05, 0.1) is 11.7 Å². The van der Waals surface area contributed by atoms with E-state index in [4.69, 9.17) is 0 Å². The van der Waals surface area contributed by atoms with Gasteiger partial charge in [0.1, 0.15) is 5.69 Å². The first-order valence-corrected chi connectivity index (χ1v) is 7.29. The Bertz CT molecular complexity index is 785. The van der Waals surface area contributed by atoms with Crippen LogP contribution in [-0.4, -0.2) is 38.0 Å². The summed E-state index contributed by atoms with van der Waals surface area (Å²) in [6.07, 6.45) is 6.88. The maximum absolute atomic E-state index is 12.6. The third-order valence-electron chi connectivity index (χ3n) is 3.85. The number of hydrogen-bond acceptors (Lipinski definition) is 4. The van der Waals surface area contributed by atoms with Crippen LogP contribution in [0.1, 0.15) is 29.0 Å². The molecule has 0 fully saturated rings. The number of pyridine rings is 2. The topological polar surface area (TPSA) is 74.8 Å². The lowest BCUT2D eigenvalue weighted by Gasteiger charge is -2.24. The molecular formula is C17H17N5O. The van der Waals surface area contributed by atoms with E-state index >= 15 is 0 Å². The summed E-state index contributed by atoms with van der Waals surface area (Å²) in [7, 11) is 1.77. The van der Waals surface area contributed by atoms with Gasteiger partial charge in [0.15, 0.2) is 0 Å². The van der Waals surface area contributed by atoms with Crippen LogP contribution < -0.4 is 0 Å². The van der Waals surface area contributed by atoms with Crippen molar-refractivity contribution in [3.05, 3.63) is 66.4 Å². The molecule has 0 spiro atoms. The molecule has 116 valence electrons. The molecule has 0 aliphatic carbocycles. The zero-order valence-corrected chi connectivity index (χ0v) is 13.0. The third-order valence-corrected chi connectivity index (χ3v) is 3.85. The fourth-order valence-electron chi connectivity index (χ4n) is 2.31. The molecule has 0 saturated carbocycles. The summed E-state index contributed by atoms with van der Waals surface area (Å²) in [5, 5.41) is 7.02. The summed E-state index contributed by atoms with van der Waals surface area (Å²) in [5.74, 6) is -0.117. The Balaban J connectivity index is 1.79. The second-order valence-electron chi connectivity index (χ2n) is 5.28. The Morgan fingerprint density at radius 1 is 1.17 bits per heavy atom. The molecule has 0 aliphatic heterocycles. The van der Waals surface area contributed by atoms with Crippen LogP contribution in [0.15, 0.2) is 55.1 Å². The zero-order valence-electron chi connectivity index (χ0n) is 13.0. The number of carbonyl (C=O) groups excluding carboxylic acids is 1. The van der Waals surface area contributed by atoms with Gasteiger partial charge in [-0.2, -0.15) is 5.10 Å². The molecule has 1 atom stereocenters. The van der Waals surface area contributed by atoms with Gasteiger partial charge in [0.25, 0.3) is 5.91 Å². The monoisotopic (exact) mass is 307 g/mol. The molecule has 0 aromatic carbocycles. The third kappa shape index (κ3) is 3.11. The van der Waals surface area contributed by atoms with Crippen molar-refractivity contribution in [1.82, 2.24) is 25.1 Å². The molecule has 6 nitrogen and oxygen atoms in total. The first-order valence-electron chi connectivity index (χ1n) is 7.29. The van der Waals surface area contributed by atoms with Gasteiger partial charge in [-0.3, -0.25) is 19.9 Å². The highest BCUT2D eigenvalue weighted by Crippen LogP contribution is 2.21. The molecular weight excluding hydrogens is 290 g/mol. The van der Waals surface area contributed by atoms with Gasteiger partial charge in [0.2, 0.25) is 0 Å². The fourth-order valence-corrected chi connectivity index (χ4v) is 2.31. The van der Waals surface area contributed by atoms with E-state index < -0.39 is 0 Å². The summed E-state index contributed by atoms with van der Waals surface area (Å²) in [4.78, 5) is 22.4. The molecule has 1 unspecified atom stereocenters. The maximum Gasteiger partial charge on any atom is 0.272 e. The van der Waals surface area contributed by atoms with E-state index in [1.54, 1.807) is 42.8 Å². The SMILES string of the molecule is CC(c1cccnc1)N(C)C(=O)c1cc(-c2ccncc2)n[nH]1. The normalized spacial score (nSPS) is 11.9. The van der Waals surface area contributed by atoms with Crippen LogP contribution in [0, 0.1) is 0 Å². The van der Waals surface area contributed by atoms with Crippen molar-refractivity contribution in [3.63, 3.8) is 0 Å². The van der Waals surface area contributed by atoms with E-state index in [1.807, 2.05) is 31.2 Å². The first-order chi connectivity index (χ1) is 11.2. The van der Waals surface area contributed by atoms with Gasteiger partial charge in [0, 0.05) is 37.4 Å². The second kappa shape index (κ2) is 6.39. The highest BCUT2D eigenvalue weighted by atomic mass is 16.2. The number of hydrogen-bond donors (Lipinski definition) is 1. The molecule has 3 aromatic rings. The Morgan fingerprint density at radius 2 is 1.96 bits per heavy atom. The number of nitrogens with zero attached hydrogens (tertiary/aromatic N) is 4. The average molecular weight is 307 g/mol. The van der Waals surface area contributed by atoms with Crippen molar-refractivity contribution < 1.29 is 4.79 Å². The number of aromatic amines is 1. The van der Waals surface area contributed by atoms with E-state index in [-0.39, 0.29) is 11.9 Å². The summed E-state index contributed by atoms with van der Waals surface area (Å²) in [5.41, 5.74) is 3.07. The average Bonchev–Trinajstić information content (AvgIpc) is 3.11. The van der Waals surface area contributed by atoms with E-state index in [2.05, 4.69) is 20.2 Å². The maximum atomic E-state index is 12.6. The Kier molecular flexibility index (Phi) is 4.14. The molecule has 1 N–H and O–H groups in total. The minimum absolute atomic E-state index is 0.0797. The lowest BCUT2D eigenvalue weighted by Crippen LogP contribution is -2.30.